The van der Waals surface area contributed by atoms with Crippen molar-refractivity contribution in [2.45, 2.75) is 26.8 Å². The second kappa shape index (κ2) is 9.43. The van der Waals surface area contributed by atoms with Gasteiger partial charge in [0.25, 0.3) is 5.91 Å². The van der Waals surface area contributed by atoms with E-state index < -0.39 is 0 Å². The first-order chi connectivity index (χ1) is 15.2. The normalized spacial score (nSPS) is 10.8. The Morgan fingerprint density at radius 1 is 0.871 bits per heavy atom. The predicted octanol–water partition coefficient (Wildman–Crippen LogP) is 5.90. The highest BCUT2D eigenvalue weighted by atomic mass is 16.2. The molecule has 0 radical (unpaired) electrons. The maximum Gasteiger partial charge on any atom is 0.258 e. The molecule has 1 aromatic heterocycles. The van der Waals surface area contributed by atoms with E-state index in [2.05, 4.69) is 19.1 Å². The zero-order valence-electron chi connectivity index (χ0n) is 18.0. The van der Waals surface area contributed by atoms with Crippen LogP contribution >= 0.6 is 0 Å². The molecule has 0 N–H and O–H groups in total. The SMILES string of the molecule is CCCN(Cc1ccccc1)C(=O)c1c(-c2ccccc2)nn(-c2ccccc2)c1C. The van der Waals surface area contributed by atoms with Crippen LogP contribution in [0.15, 0.2) is 91.0 Å². The number of hydrogen-bond donors (Lipinski definition) is 0. The molecule has 4 heteroatoms. The van der Waals surface area contributed by atoms with Crippen LogP contribution in [0.5, 0.6) is 0 Å². The summed E-state index contributed by atoms with van der Waals surface area (Å²) in [4.78, 5) is 15.8. The van der Waals surface area contributed by atoms with Crippen molar-refractivity contribution in [3.8, 4) is 16.9 Å². The number of rotatable bonds is 7. The molecule has 0 aliphatic carbocycles. The second-order valence-corrected chi connectivity index (χ2v) is 7.63. The van der Waals surface area contributed by atoms with Gasteiger partial charge in [0, 0.05) is 18.7 Å². The Hall–Kier alpha value is -3.66. The van der Waals surface area contributed by atoms with Crippen LogP contribution in [0.4, 0.5) is 0 Å². The molecule has 1 amide bonds. The van der Waals surface area contributed by atoms with Gasteiger partial charge in [-0.05, 0) is 31.0 Å². The van der Waals surface area contributed by atoms with Gasteiger partial charge in [0.1, 0.15) is 5.69 Å². The van der Waals surface area contributed by atoms with Crippen molar-refractivity contribution < 1.29 is 4.79 Å². The molecule has 0 aliphatic heterocycles. The fraction of sp³-hybridized carbons (Fsp3) is 0.185. The Kier molecular flexibility index (Phi) is 6.27. The summed E-state index contributed by atoms with van der Waals surface area (Å²) in [6, 6.07) is 30.1. The molecular formula is C27H27N3O. The fourth-order valence-corrected chi connectivity index (χ4v) is 3.86. The predicted molar refractivity (Wildman–Crippen MR) is 125 cm³/mol. The number of aromatic nitrogens is 2. The zero-order valence-corrected chi connectivity index (χ0v) is 18.0. The Bertz CT molecular complexity index is 1140. The average Bonchev–Trinajstić information content (AvgIpc) is 3.17. The van der Waals surface area contributed by atoms with Gasteiger partial charge in [-0.3, -0.25) is 4.79 Å². The molecule has 4 aromatic rings. The van der Waals surface area contributed by atoms with Gasteiger partial charge in [0.2, 0.25) is 0 Å². The summed E-state index contributed by atoms with van der Waals surface area (Å²) in [5.41, 5.74) is 5.25. The van der Waals surface area contributed by atoms with E-state index in [1.165, 1.54) is 0 Å². The summed E-state index contributed by atoms with van der Waals surface area (Å²) in [7, 11) is 0. The van der Waals surface area contributed by atoms with Gasteiger partial charge in [-0.1, -0.05) is 85.8 Å². The number of amides is 1. The maximum atomic E-state index is 13.9. The van der Waals surface area contributed by atoms with E-state index in [9.17, 15) is 4.79 Å². The van der Waals surface area contributed by atoms with Crippen molar-refractivity contribution >= 4 is 5.91 Å². The van der Waals surface area contributed by atoms with Gasteiger partial charge in [-0.25, -0.2) is 4.68 Å². The Morgan fingerprint density at radius 3 is 2.06 bits per heavy atom. The first-order valence-electron chi connectivity index (χ1n) is 10.7. The van der Waals surface area contributed by atoms with Crippen LogP contribution in [0.2, 0.25) is 0 Å². The lowest BCUT2D eigenvalue weighted by molar-refractivity contribution is 0.0743. The largest absolute Gasteiger partial charge is 0.334 e. The number of carbonyl (C=O) groups is 1. The Labute approximate surface area is 183 Å². The van der Waals surface area contributed by atoms with E-state index in [4.69, 9.17) is 5.10 Å². The minimum absolute atomic E-state index is 0.0178. The molecule has 1 heterocycles. The van der Waals surface area contributed by atoms with E-state index >= 15 is 0 Å². The molecule has 0 fully saturated rings. The molecule has 0 aliphatic rings. The van der Waals surface area contributed by atoms with E-state index in [1.807, 2.05) is 95.4 Å². The zero-order chi connectivity index (χ0) is 21.6. The highest BCUT2D eigenvalue weighted by Gasteiger charge is 2.26. The molecule has 0 saturated carbocycles. The topological polar surface area (TPSA) is 38.1 Å². The molecule has 0 bridgehead atoms. The minimum atomic E-state index is 0.0178. The van der Waals surface area contributed by atoms with Crippen molar-refractivity contribution in [2.24, 2.45) is 0 Å². The molecule has 0 saturated heterocycles. The smallest absolute Gasteiger partial charge is 0.258 e. The van der Waals surface area contributed by atoms with Crippen LogP contribution in [0.25, 0.3) is 16.9 Å². The summed E-state index contributed by atoms with van der Waals surface area (Å²) in [5.74, 6) is 0.0178. The summed E-state index contributed by atoms with van der Waals surface area (Å²) in [5, 5.41) is 4.89. The standard InChI is InChI=1S/C27H27N3O/c1-3-19-29(20-22-13-7-4-8-14-22)27(31)25-21(2)30(24-17-11-6-12-18-24)28-26(25)23-15-9-5-10-16-23/h4-18H,3,19-20H2,1-2H3. The summed E-state index contributed by atoms with van der Waals surface area (Å²) >= 11 is 0. The van der Waals surface area contributed by atoms with Crippen molar-refractivity contribution in [1.82, 2.24) is 14.7 Å². The van der Waals surface area contributed by atoms with Crippen molar-refractivity contribution in [3.63, 3.8) is 0 Å². The first-order valence-corrected chi connectivity index (χ1v) is 10.7. The quantitative estimate of drug-likeness (QED) is 0.381. The number of hydrogen-bond acceptors (Lipinski definition) is 2. The van der Waals surface area contributed by atoms with Crippen molar-refractivity contribution in [3.05, 3.63) is 108 Å². The summed E-state index contributed by atoms with van der Waals surface area (Å²) < 4.78 is 1.88. The highest BCUT2D eigenvalue weighted by Crippen LogP contribution is 2.29. The number of benzene rings is 3. The first kappa shape index (κ1) is 20.6. The lowest BCUT2D eigenvalue weighted by Gasteiger charge is -2.23. The van der Waals surface area contributed by atoms with Crippen LogP contribution in [-0.2, 0) is 6.54 Å². The van der Waals surface area contributed by atoms with Crippen LogP contribution in [0.1, 0.15) is 35.0 Å². The Morgan fingerprint density at radius 2 is 1.45 bits per heavy atom. The fourth-order valence-electron chi connectivity index (χ4n) is 3.86. The second-order valence-electron chi connectivity index (χ2n) is 7.63. The summed E-state index contributed by atoms with van der Waals surface area (Å²) in [6.45, 7) is 5.35. The molecule has 0 spiro atoms. The average molecular weight is 410 g/mol. The van der Waals surface area contributed by atoms with Crippen molar-refractivity contribution in [1.29, 1.82) is 0 Å². The van der Waals surface area contributed by atoms with Crippen LogP contribution in [-0.4, -0.2) is 27.1 Å². The van der Waals surface area contributed by atoms with Crippen LogP contribution < -0.4 is 0 Å². The molecule has 31 heavy (non-hydrogen) atoms. The number of nitrogens with zero attached hydrogens (tertiary/aromatic N) is 3. The van der Waals surface area contributed by atoms with Crippen LogP contribution in [0.3, 0.4) is 0 Å². The minimum Gasteiger partial charge on any atom is -0.334 e. The summed E-state index contributed by atoms with van der Waals surface area (Å²) in [6.07, 6.45) is 0.894. The molecule has 0 atom stereocenters. The third-order valence-corrected chi connectivity index (χ3v) is 5.38. The lowest BCUT2D eigenvalue weighted by atomic mass is 10.0. The van der Waals surface area contributed by atoms with E-state index in [-0.39, 0.29) is 5.91 Å². The monoisotopic (exact) mass is 409 g/mol. The highest BCUT2D eigenvalue weighted by molar-refractivity contribution is 6.01. The van der Waals surface area contributed by atoms with Gasteiger partial charge >= 0.3 is 0 Å². The van der Waals surface area contributed by atoms with E-state index in [1.54, 1.807) is 0 Å². The third-order valence-electron chi connectivity index (χ3n) is 5.38. The third kappa shape index (κ3) is 4.43. The van der Waals surface area contributed by atoms with Gasteiger partial charge < -0.3 is 4.90 Å². The molecule has 4 rings (SSSR count). The van der Waals surface area contributed by atoms with Gasteiger partial charge in [0.05, 0.1) is 16.9 Å². The molecule has 0 unspecified atom stereocenters. The van der Waals surface area contributed by atoms with Crippen LogP contribution in [0, 0.1) is 6.92 Å². The van der Waals surface area contributed by atoms with Crippen molar-refractivity contribution in [2.75, 3.05) is 6.54 Å². The van der Waals surface area contributed by atoms with Gasteiger partial charge in [-0.2, -0.15) is 5.10 Å². The number of para-hydroxylation sites is 1. The molecule has 156 valence electrons. The van der Waals surface area contributed by atoms with E-state index in [0.29, 0.717) is 18.7 Å². The molecular weight excluding hydrogens is 382 g/mol. The molecule has 4 nitrogen and oxygen atoms in total. The van der Waals surface area contributed by atoms with Gasteiger partial charge in [-0.15, -0.1) is 0 Å². The molecule has 3 aromatic carbocycles. The van der Waals surface area contributed by atoms with E-state index in [0.717, 1.165) is 34.6 Å². The number of carbonyl (C=O) groups excluding carboxylic acids is 1. The lowest BCUT2D eigenvalue weighted by Crippen LogP contribution is -2.32. The maximum absolute atomic E-state index is 13.9. The van der Waals surface area contributed by atoms with Gasteiger partial charge in [0.15, 0.2) is 0 Å². The Balaban J connectivity index is 1.81.